The van der Waals surface area contributed by atoms with Gasteiger partial charge in [0, 0.05) is 0 Å². The molecule has 7 nitrogen and oxygen atoms in total. The van der Waals surface area contributed by atoms with Crippen molar-refractivity contribution >= 4 is 29.6 Å². The Balaban J connectivity index is 2.40. The Kier molecular flexibility index (Phi) is 4.77. The van der Waals surface area contributed by atoms with Crippen molar-refractivity contribution in [3.05, 3.63) is 5.82 Å². The second-order valence-corrected chi connectivity index (χ2v) is 3.75. The van der Waals surface area contributed by atoms with Crippen LogP contribution in [0, 0.1) is 0 Å². The smallest absolute Gasteiger partial charge is 0.315 e. The summed E-state index contributed by atoms with van der Waals surface area (Å²) in [6.07, 6.45) is 0. The molecule has 0 amide bonds. The summed E-state index contributed by atoms with van der Waals surface area (Å²) in [4.78, 5) is 22.4. The molecule has 8 heteroatoms. The molecule has 0 atom stereocenters. The summed E-state index contributed by atoms with van der Waals surface area (Å²) in [7, 11) is 0. The minimum absolute atomic E-state index is 0.0826. The number of carbonyl (C=O) groups excluding carboxylic acids is 1. The van der Waals surface area contributed by atoms with E-state index < -0.39 is 0 Å². The summed E-state index contributed by atoms with van der Waals surface area (Å²) in [5, 5.41) is 0. The lowest BCUT2D eigenvalue weighted by Crippen LogP contribution is -2.09. The third kappa shape index (κ3) is 4.30. The highest BCUT2D eigenvalue weighted by atomic mass is 32.2. The van der Waals surface area contributed by atoms with Crippen molar-refractivity contribution < 1.29 is 9.53 Å². The van der Waals surface area contributed by atoms with Crippen LogP contribution < -0.4 is 11.5 Å². The van der Waals surface area contributed by atoms with Gasteiger partial charge in [-0.1, -0.05) is 0 Å². The van der Waals surface area contributed by atoms with Crippen LogP contribution in [0.1, 0.15) is 12.7 Å². The number of aromatic nitrogens is 3. The Labute approximate surface area is 97.0 Å². The lowest BCUT2D eigenvalue weighted by Gasteiger charge is -2.02. The third-order valence-corrected chi connectivity index (χ3v) is 2.37. The van der Waals surface area contributed by atoms with Crippen LogP contribution in [0.25, 0.3) is 0 Å². The maximum Gasteiger partial charge on any atom is 0.315 e. The average Bonchev–Trinajstić information content (AvgIpc) is 2.16. The second-order valence-electron chi connectivity index (χ2n) is 2.77. The molecule has 4 N–H and O–H groups in total. The van der Waals surface area contributed by atoms with E-state index in [1.165, 1.54) is 11.8 Å². The Morgan fingerprint density at radius 1 is 1.31 bits per heavy atom. The number of thioether (sulfide) groups is 1. The third-order valence-electron chi connectivity index (χ3n) is 1.47. The molecule has 0 spiro atoms. The molecule has 0 aliphatic carbocycles. The number of hydrogen-bond acceptors (Lipinski definition) is 8. The number of nitrogen functional groups attached to an aromatic ring is 2. The van der Waals surface area contributed by atoms with Crippen LogP contribution in [0.2, 0.25) is 0 Å². The van der Waals surface area contributed by atoms with Crippen molar-refractivity contribution in [2.45, 2.75) is 12.7 Å². The van der Waals surface area contributed by atoms with Crippen LogP contribution in [0.5, 0.6) is 0 Å². The molecule has 0 saturated carbocycles. The van der Waals surface area contributed by atoms with Crippen LogP contribution in [0.4, 0.5) is 11.9 Å². The normalized spacial score (nSPS) is 10.1. The van der Waals surface area contributed by atoms with E-state index in [9.17, 15) is 4.79 Å². The first-order valence-electron chi connectivity index (χ1n) is 4.61. The van der Waals surface area contributed by atoms with Crippen LogP contribution in [0.3, 0.4) is 0 Å². The predicted octanol–water partition coefficient (Wildman–Crippen LogP) is -0.168. The van der Waals surface area contributed by atoms with E-state index in [0.717, 1.165) is 0 Å². The summed E-state index contributed by atoms with van der Waals surface area (Å²) in [5.41, 5.74) is 10.8. The van der Waals surface area contributed by atoms with Crippen molar-refractivity contribution in [2.75, 3.05) is 23.8 Å². The van der Waals surface area contributed by atoms with Gasteiger partial charge in [0.05, 0.1) is 18.1 Å². The molecule has 0 bridgehead atoms. The van der Waals surface area contributed by atoms with Gasteiger partial charge in [0.1, 0.15) is 5.82 Å². The van der Waals surface area contributed by atoms with Gasteiger partial charge in [0.15, 0.2) is 0 Å². The van der Waals surface area contributed by atoms with Crippen molar-refractivity contribution in [3.8, 4) is 0 Å². The van der Waals surface area contributed by atoms with Crippen molar-refractivity contribution in [2.24, 2.45) is 0 Å². The van der Waals surface area contributed by atoms with Gasteiger partial charge < -0.3 is 16.2 Å². The summed E-state index contributed by atoms with van der Waals surface area (Å²) in [6.45, 7) is 2.14. The summed E-state index contributed by atoms with van der Waals surface area (Å²) in [6, 6.07) is 0. The molecular weight excluding hydrogens is 230 g/mol. The molecule has 1 heterocycles. The van der Waals surface area contributed by atoms with E-state index in [0.29, 0.717) is 18.2 Å². The van der Waals surface area contributed by atoms with Gasteiger partial charge in [-0.05, 0) is 6.92 Å². The van der Waals surface area contributed by atoms with E-state index in [4.69, 9.17) is 16.2 Å². The Hall–Kier alpha value is -1.57. The first-order chi connectivity index (χ1) is 7.61. The molecule has 88 valence electrons. The number of ether oxygens (including phenoxy) is 1. The lowest BCUT2D eigenvalue weighted by atomic mass is 10.7. The number of rotatable bonds is 5. The van der Waals surface area contributed by atoms with Gasteiger partial charge >= 0.3 is 5.97 Å². The molecule has 0 aliphatic rings. The molecule has 1 rings (SSSR count). The van der Waals surface area contributed by atoms with Gasteiger partial charge in [0.2, 0.25) is 11.9 Å². The number of esters is 1. The highest BCUT2D eigenvalue weighted by molar-refractivity contribution is 7.99. The van der Waals surface area contributed by atoms with Crippen molar-refractivity contribution in [1.29, 1.82) is 0 Å². The summed E-state index contributed by atoms with van der Waals surface area (Å²) < 4.78 is 4.76. The van der Waals surface area contributed by atoms with Gasteiger partial charge in [-0.2, -0.15) is 15.0 Å². The van der Waals surface area contributed by atoms with Gasteiger partial charge in [-0.15, -0.1) is 11.8 Å². The van der Waals surface area contributed by atoms with Gasteiger partial charge in [-0.3, -0.25) is 4.79 Å². The lowest BCUT2D eigenvalue weighted by molar-refractivity contribution is -0.139. The molecule has 0 unspecified atom stereocenters. The van der Waals surface area contributed by atoms with E-state index in [2.05, 4.69) is 15.0 Å². The monoisotopic (exact) mass is 243 g/mol. The van der Waals surface area contributed by atoms with Crippen LogP contribution >= 0.6 is 11.8 Å². The number of anilines is 2. The standard InChI is InChI=1S/C8H13N5O2S/c1-2-15-6(14)4-16-3-5-11-7(9)13-8(10)12-5/h2-4H2,1H3,(H4,9,10,11,12,13). The average molecular weight is 243 g/mol. The number of nitrogens with two attached hydrogens (primary N) is 2. The molecule has 0 radical (unpaired) electrons. The fraction of sp³-hybridized carbons (Fsp3) is 0.500. The first kappa shape index (κ1) is 12.5. The Morgan fingerprint density at radius 2 is 1.94 bits per heavy atom. The van der Waals surface area contributed by atoms with E-state index in [-0.39, 0.29) is 23.6 Å². The maximum absolute atomic E-state index is 11.0. The number of carbonyl (C=O) groups is 1. The van der Waals surface area contributed by atoms with Crippen LogP contribution in [-0.2, 0) is 15.3 Å². The predicted molar refractivity (Wildman–Crippen MR) is 61.4 cm³/mol. The molecule has 0 aliphatic heterocycles. The molecule has 0 saturated heterocycles. The van der Waals surface area contributed by atoms with Crippen molar-refractivity contribution in [3.63, 3.8) is 0 Å². The highest BCUT2D eigenvalue weighted by Crippen LogP contribution is 2.10. The van der Waals surface area contributed by atoms with Crippen LogP contribution in [0.15, 0.2) is 0 Å². The van der Waals surface area contributed by atoms with E-state index >= 15 is 0 Å². The SMILES string of the molecule is CCOC(=O)CSCc1nc(N)nc(N)n1. The zero-order chi connectivity index (χ0) is 12.0. The molecule has 1 aromatic heterocycles. The first-order valence-corrected chi connectivity index (χ1v) is 5.76. The van der Waals surface area contributed by atoms with Crippen molar-refractivity contribution in [1.82, 2.24) is 15.0 Å². The fourth-order valence-corrected chi connectivity index (χ4v) is 1.61. The zero-order valence-electron chi connectivity index (χ0n) is 8.84. The topological polar surface area (TPSA) is 117 Å². The number of nitrogens with zero attached hydrogens (tertiary/aromatic N) is 3. The molecule has 16 heavy (non-hydrogen) atoms. The van der Waals surface area contributed by atoms with Gasteiger partial charge in [0.25, 0.3) is 0 Å². The zero-order valence-corrected chi connectivity index (χ0v) is 9.66. The molecule has 0 fully saturated rings. The largest absolute Gasteiger partial charge is 0.465 e. The minimum atomic E-state index is -0.262. The highest BCUT2D eigenvalue weighted by Gasteiger charge is 2.05. The molecular formula is C8H13N5O2S. The Bertz CT molecular complexity index is 353. The fourth-order valence-electron chi connectivity index (χ4n) is 0.950. The molecule has 0 aromatic carbocycles. The second kappa shape index (κ2) is 6.11. The minimum Gasteiger partial charge on any atom is -0.465 e. The Morgan fingerprint density at radius 3 is 2.50 bits per heavy atom. The van der Waals surface area contributed by atoms with Crippen LogP contribution in [-0.4, -0.2) is 33.3 Å². The van der Waals surface area contributed by atoms with E-state index in [1.54, 1.807) is 6.92 Å². The quantitative estimate of drug-likeness (QED) is 0.684. The summed E-state index contributed by atoms with van der Waals surface area (Å²) >= 11 is 1.33. The molecule has 1 aromatic rings. The maximum atomic E-state index is 11.0. The van der Waals surface area contributed by atoms with E-state index in [1.807, 2.05) is 0 Å². The number of hydrogen-bond donors (Lipinski definition) is 2. The summed E-state index contributed by atoms with van der Waals surface area (Å²) in [5.74, 6) is 1.05. The van der Waals surface area contributed by atoms with Gasteiger partial charge in [-0.25, -0.2) is 0 Å².